The van der Waals surface area contributed by atoms with Crippen LogP contribution >= 0.6 is 11.6 Å². The van der Waals surface area contributed by atoms with E-state index in [1.807, 2.05) is 30.3 Å². The number of hydrogen-bond acceptors (Lipinski definition) is 6. The molecule has 34 heavy (non-hydrogen) atoms. The third kappa shape index (κ3) is 5.93. The van der Waals surface area contributed by atoms with Gasteiger partial charge < -0.3 is 9.47 Å². The van der Waals surface area contributed by atoms with E-state index in [4.69, 9.17) is 21.1 Å². The first kappa shape index (κ1) is 23.7. The van der Waals surface area contributed by atoms with Crippen LogP contribution in [0.3, 0.4) is 0 Å². The number of carbonyl (C=O) groups excluding carboxylic acids is 1. The summed E-state index contributed by atoms with van der Waals surface area (Å²) in [6.45, 7) is -0.113. The van der Waals surface area contributed by atoms with Crippen molar-refractivity contribution in [3.05, 3.63) is 88.9 Å². The number of ether oxygens (including phenoxy) is 2. The van der Waals surface area contributed by atoms with Gasteiger partial charge in [-0.3, -0.25) is 4.79 Å². The monoisotopic (exact) mass is 499 g/mol. The highest BCUT2D eigenvalue weighted by atomic mass is 35.5. The van der Waals surface area contributed by atoms with Gasteiger partial charge in [0.15, 0.2) is 11.5 Å². The zero-order valence-corrected chi connectivity index (χ0v) is 19.6. The smallest absolute Gasteiger partial charge is 0.255 e. The van der Waals surface area contributed by atoms with E-state index >= 15 is 0 Å². The molecule has 1 amide bonds. The third-order valence-corrected chi connectivity index (χ3v) is 7.17. The molecule has 3 aromatic rings. The largest absolute Gasteiger partial charge is 0.454 e. The molecule has 1 N–H and O–H groups in total. The van der Waals surface area contributed by atoms with Crippen LogP contribution < -0.4 is 14.9 Å². The number of hydrogen-bond donors (Lipinski definition) is 1. The van der Waals surface area contributed by atoms with Crippen LogP contribution in [0.2, 0.25) is 5.02 Å². The lowest BCUT2D eigenvalue weighted by atomic mass is 10.1. The Labute approximate surface area is 202 Å². The van der Waals surface area contributed by atoms with E-state index < -0.39 is 22.5 Å². The summed E-state index contributed by atoms with van der Waals surface area (Å²) in [6.07, 6.45) is 1.89. The van der Waals surface area contributed by atoms with Crippen molar-refractivity contribution in [3.8, 4) is 11.5 Å². The van der Waals surface area contributed by atoms with Crippen molar-refractivity contribution < 1.29 is 22.7 Å². The highest BCUT2D eigenvalue weighted by molar-refractivity contribution is 7.89. The molecule has 1 aliphatic rings. The van der Waals surface area contributed by atoms with Gasteiger partial charge in [0, 0.05) is 11.6 Å². The number of sulfonamides is 1. The van der Waals surface area contributed by atoms with Crippen LogP contribution in [0.4, 0.5) is 0 Å². The Morgan fingerprint density at radius 3 is 2.53 bits per heavy atom. The van der Waals surface area contributed by atoms with Crippen molar-refractivity contribution in [2.75, 3.05) is 19.9 Å². The molecule has 1 aliphatic heterocycles. The summed E-state index contributed by atoms with van der Waals surface area (Å²) in [7, 11) is -3.94. The summed E-state index contributed by atoms with van der Waals surface area (Å²) in [4.78, 5) is 12.6. The summed E-state index contributed by atoms with van der Waals surface area (Å²) >= 11 is 5.90. The van der Waals surface area contributed by atoms with Crippen molar-refractivity contribution in [1.29, 1.82) is 0 Å². The summed E-state index contributed by atoms with van der Waals surface area (Å²) < 4.78 is 38.2. The molecule has 1 heterocycles. The highest BCUT2D eigenvalue weighted by Crippen LogP contribution is 2.32. The molecule has 0 bridgehead atoms. The SMILES string of the molecule is O=C(CN(CCc1ccccc1)S(=O)(=O)c1ccc(Cl)cc1)N/N=C\c1ccc2c(c1)OCO2. The molecule has 0 atom stereocenters. The number of nitrogens with zero attached hydrogens (tertiary/aromatic N) is 2. The van der Waals surface area contributed by atoms with Crippen LogP contribution in [0, 0.1) is 0 Å². The van der Waals surface area contributed by atoms with Crippen LogP contribution in [-0.2, 0) is 21.2 Å². The number of fused-ring (bicyclic) bond motifs is 1. The van der Waals surface area contributed by atoms with Gasteiger partial charge in [-0.2, -0.15) is 9.41 Å². The Morgan fingerprint density at radius 2 is 1.76 bits per heavy atom. The van der Waals surface area contributed by atoms with Gasteiger partial charge in [-0.15, -0.1) is 0 Å². The molecule has 10 heteroatoms. The van der Waals surface area contributed by atoms with Crippen LogP contribution in [-0.4, -0.2) is 44.7 Å². The standard InChI is InChI=1S/C24H22ClN3O5S/c25-20-7-9-21(10-8-20)34(30,31)28(13-12-18-4-2-1-3-5-18)16-24(29)27-26-15-19-6-11-22-23(14-19)33-17-32-22/h1-11,14-15H,12-13,16-17H2,(H,27,29)/b26-15-. The molecular formula is C24H22ClN3O5S. The molecular weight excluding hydrogens is 478 g/mol. The molecule has 0 aliphatic carbocycles. The predicted molar refractivity (Wildman–Crippen MR) is 129 cm³/mol. The van der Waals surface area contributed by atoms with Gasteiger partial charge in [0.25, 0.3) is 5.91 Å². The molecule has 0 aromatic heterocycles. The fourth-order valence-corrected chi connectivity index (χ4v) is 4.83. The van der Waals surface area contributed by atoms with Crippen LogP contribution in [0.25, 0.3) is 0 Å². The van der Waals surface area contributed by atoms with Gasteiger partial charge in [0.2, 0.25) is 16.8 Å². The maximum atomic E-state index is 13.2. The van der Waals surface area contributed by atoms with E-state index in [1.54, 1.807) is 18.2 Å². The minimum atomic E-state index is -3.94. The Kier molecular flexibility index (Phi) is 7.46. The van der Waals surface area contributed by atoms with Gasteiger partial charge >= 0.3 is 0 Å². The second-order valence-corrected chi connectivity index (χ2v) is 9.81. The number of hydrazone groups is 1. The topological polar surface area (TPSA) is 97.3 Å². The van der Waals surface area contributed by atoms with Gasteiger partial charge in [-0.05, 0) is 60.0 Å². The van der Waals surface area contributed by atoms with Crippen LogP contribution in [0.15, 0.2) is 82.8 Å². The molecule has 0 unspecified atom stereocenters. The second kappa shape index (κ2) is 10.7. The van der Waals surface area contributed by atoms with Crippen molar-refractivity contribution in [2.45, 2.75) is 11.3 Å². The lowest BCUT2D eigenvalue weighted by Crippen LogP contribution is -2.40. The van der Waals surface area contributed by atoms with Gasteiger partial charge in [0.1, 0.15) is 0 Å². The number of halogens is 1. The van der Waals surface area contributed by atoms with E-state index in [2.05, 4.69) is 10.5 Å². The quantitative estimate of drug-likeness (QED) is 0.359. The molecule has 176 valence electrons. The van der Waals surface area contributed by atoms with Crippen LogP contribution in [0.1, 0.15) is 11.1 Å². The second-order valence-electron chi connectivity index (χ2n) is 7.43. The zero-order chi connectivity index (χ0) is 24.0. The molecule has 0 fully saturated rings. The molecule has 0 saturated heterocycles. The average molecular weight is 500 g/mol. The normalized spacial score (nSPS) is 12.9. The van der Waals surface area contributed by atoms with E-state index in [9.17, 15) is 13.2 Å². The number of carbonyl (C=O) groups is 1. The minimum absolute atomic E-state index is 0.0571. The van der Waals surface area contributed by atoms with Crippen molar-refractivity contribution >= 4 is 33.7 Å². The summed E-state index contributed by atoms with van der Waals surface area (Å²) in [5.74, 6) is 0.668. The van der Waals surface area contributed by atoms with E-state index in [1.165, 1.54) is 30.5 Å². The average Bonchev–Trinajstić information content (AvgIpc) is 3.30. The fraction of sp³-hybridized carbons (Fsp3) is 0.167. The lowest BCUT2D eigenvalue weighted by Gasteiger charge is -2.21. The molecule has 0 spiro atoms. The Hall–Kier alpha value is -3.40. The predicted octanol–water partition coefficient (Wildman–Crippen LogP) is 3.45. The Bertz CT molecular complexity index is 1280. The van der Waals surface area contributed by atoms with Crippen LogP contribution in [0.5, 0.6) is 11.5 Å². The van der Waals surface area contributed by atoms with E-state index in [-0.39, 0.29) is 18.2 Å². The number of amides is 1. The van der Waals surface area contributed by atoms with Gasteiger partial charge in [0.05, 0.1) is 17.7 Å². The third-order valence-electron chi connectivity index (χ3n) is 5.06. The summed E-state index contributed by atoms with van der Waals surface area (Å²) in [5, 5.41) is 4.37. The van der Waals surface area contributed by atoms with Crippen molar-refractivity contribution in [1.82, 2.24) is 9.73 Å². The van der Waals surface area contributed by atoms with Gasteiger partial charge in [-0.25, -0.2) is 13.8 Å². The molecule has 3 aromatic carbocycles. The van der Waals surface area contributed by atoms with E-state index in [0.29, 0.717) is 28.5 Å². The number of rotatable bonds is 9. The molecule has 4 rings (SSSR count). The Morgan fingerprint density at radius 1 is 1.03 bits per heavy atom. The number of benzene rings is 3. The number of nitrogens with one attached hydrogen (secondary N) is 1. The molecule has 0 radical (unpaired) electrons. The van der Waals surface area contributed by atoms with E-state index in [0.717, 1.165) is 9.87 Å². The maximum absolute atomic E-state index is 13.2. The first-order valence-corrected chi connectivity index (χ1v) is 12.2. The van der Waals surface area contributed by atoms with Gasteiger partial charge in [-0.1, -0.05) is 41.9 Å². The van der Waals surface area contributed by atoms with Crippen molar-refractivity contribution in [3.63, 3.8) is 0 Å². The van der Waals surface area contributed by atoms with Crippen molar-refractivity contribution in [2.24, 2.45) is 5.10 Å². The molecule has 0 saturated carbocycles. The Balaban J connectivity index is 1.45. The lowest BCUT2D eigenvalue weighted by molar-refractivity contribution is -0.121. The highest BCUT2D eigenvalue weighted by Gasteiger charge is 2.26. The first-order chi connectivity index (χ1) is 16.4. The maximum Gasteiger partial charge on any atom is 0.255 e. The minimum Gasteiger partial charge on any atom is -0.454 e. The zero-order valence-electron chi connectivity index (χ0n) is 18.1. The molecule has 8 nitrogen and oxygen atoms in total. The summed E-state index contributed by atoms with van der Waals surface area (Å²) in [6, 6.07) is 20.5. The summed E-state index contributed by atoms with van der Waals surface area (Å²) in [5.41, 5.74) is 4.04. The first-order valence-electron chi connectivity index (χ1n) is 10.4. The fourth-order valence-electron chi connectivity index (χ4n) is 3.31.